The first-order chi connectivity index (χ1) is 7.40. The Bertz CT molecular complexity index is 260. The van der Waals surface area contributed by atoms with Gasteiger partial charge in [-0.2, -0.15) is 0 Å². The summed E-state index contributed by atoms with van der Waals surface area (Å²) in [5.74, 6) is -0.849. The molecule has 0 radical (unpaired) electrons. The third-order valence-electron chi connectivity index (χ3n) is 4.08. The number of aliphatic hydroxyl groups is 1. The molecular formula is C12H22O4. The van der Waals surface area contributed by atoms with E-state index in [1.165, 1.54) is 0 Å². The largest absolute Gasteiger partial charge is 0.481 e. The van der Waals surface area contributed by atoms with Crippen molar-refractivity contribution in [3.63, 3.8) is 0 Å². The molecule has 0 bridgehead atoms. The maximum absolute atomic E-state index is 11.5. The van der Waals surface area contributed by atoms with Crippen molar-refractivity contribution < 1.29 is 19.7 Å². The van der Waals surface area contributed by atoms with Crippen LogP contribution in [0.5, 0.6) is 0 Å². The predicted octanol–water partition coefficient (Wildman–Crippen LogP) is 1.81. The van der Waals surface area contributed by atoms with Gasteiger partial charge in [0, 0.05) is 6.61 Å². The number of carboxylic acids is 1. The van der Waals surface area contributed by atoms with E-state index >= 15 is 0 Å². The third-order valence-corrected chi connectivity index (χ3v) is 4.08. The summed E-state index contributed by atoms with van der Waals surface area (Å²) in [5, 5.41) is 19.7. The van der Waals surface area contributed by atoms with Crippen LogP contribution in [0.15, 0.2) is 0 Å². The molecule has 4 nitrogen and oxygen atoms in total. The average molecular weight is 230 g/mol. The van der Waals surface area contributed by atoms with Crippen LogP contribution in [-0.2, 0) is 9.53 Å². The number of aliphatic carboxylic acids is 1. The van der Waals surface area contributed by atoms with Crippen LogP contribution in [0, 0.1) is 5.41 Å². The van der Waals surface area contributed by atoms with Gasteiger partial charge < -0.3 is 14.9 Å². The standard InChI is InChI=1S/C12H22O4/c1-4-11(15,5-2)8-12(10(13)14)6-7-16-9(12)3/h9,15H,4-8H2,1-3H3,(H,13,14). The summed E-state index contributed by atoms with van der Waals surface area (Å²) >= 11 is 0. The Labute approximate surface area is 96.6 Å². The fourth-order valence-electron chi connectivity index (χ4n) is 2.46. The van der Waals surface area contributed by atoms with Crippen LogP contribution in [0.3, 0.4) is 0 Å². The van der Waals surface area contributed by atoms with Crippen LogP contribution in [-0.4, -0.2) is 34.5 Å². The van der Waals surface area contributed by atoms with Crippen molar-refractivity contribution in [3.8, 4) is 0 Å². The Balaban J connectivity index is 2.92. The second-order valence-corrected chi connectivity index (χ2v) is 4.83. The lowest BCUT2D eigenvalue weighted by molar-refractivity contribution is -0.157. The van der Waals surface area contributed by atoms with Crippen LogP contribution in [0.25, 0.3) is 0 Å². The highest BCUT2D eigenvalue weighted by molar-refractivity contribution is 5.76. The van der Waals surface area contributed by atoms with Gasteiger partial charge in [0.15, 0.2) is 0 Å². The molecule has 2 atom stereocenters. The molecule has 2 unspecified atom stereocenters. The fourth-order valence-corrected chi connectivity index (χ4v) is 2.46. The Morgan fingerprint density at radius 1 is 1.50 bits per heavy atom. The molecule has 0 aromatic rings. The Morgan fingerprint density at radius 2 is 2.06 bits per heavy atom. The summed E-state index contributed by atoms with van der Waals surface area (Å²) in [6.45, 7) is 6.03. The molecule has 1 heterocycles. The molecule has 1 rings (SSSR count). The monoisotopic (exact) mass is 230 g/mol. The molecule has 1 saturated heterocycles. The summed E-state index contributed by atoms with van der Waals surface area (Å²) in [6.07, 6.45) is 1.60. The molecule has 0 aliphatic carbocycles. The smallest absolute Gasteiger partial charge is 0.312 e. The van der Waals surface area contributed by atoms with E-state index in [1.54, 1.807) is 6.92 Å². The first kappa shape index (κ1) is 13.5. The molecule has 2 N–H and O–H groups in total. The van der Waals surface area contributed by atoms with Gasteiger partial charge in [-0.3, -0.25) is 4.79 Å². The van der Waals surface area contributed by atoms with Crippen LogP contribution in [0.2, 0.25) is 0 Å². The number of rotatable bonds is 5. The highest BCUT2D eigenvalue weighted by atomic mass is 16.5. The van der Waals surface area contributed by atoms with E-state index in [1.807, 2.05) is 13.8 Å². The molecule has 0 aromatic heterocycles. The summed E-state index contributed by atoms with van der Waals surface area (Å²) in [5.41, 5.74) is -1.80. The van der Waals surface area contributed by atoms with Gasteiger partial charge >= 0.3 is 5.97 Å². The molecule has 1 fully saturated rings. The van der Waals surface area contributed by atoms with Gasteiger partial charge in [0.25, 0.3) is 0 Å². The fraction of sp³-hybridized carbons (Fsp3) is 0.917. The van der Waals surface area contributed by atoms with E-state index in [0.29, 0.717) is 25.9 Å². The van der Waals surface area contributed by atoms with E-state index in [4.69, 9.17) is 4.74 Å². The van der Waals surface area contributed by atoms with Gasteiger partial charge in [-0.25, -0.2) is 0 Å². The lowest BCUT2D eigenvalue weighted by Gasteiger charge is -2.36. The van der Waals surface area contributed by atoms with Crippen molar-refractivity contribution >= 4 is 5.97 Å². The van der Waals surface area contributed by atoms with Crippen LogP contribution >= 0.6 is 0 Å². The lowest BCUT2D eigenvalue weighted by atomic mass is 9.71. The van der Waals surface area contributed by atoms with E-state index in [9.17, 15) is 15.0 Å². The summed E-state index contributed by atoms with van der Waals surface area (Å²) in [7, 11) is 0. The van der Waals surface area contributed by atoms with Crippen LogP contribution in [0.4, 0.5) is 0 Å². The van der Waals surface area contributed by atoms with E-state index in [0.717, 1.165) is 0 Å². The normalized spacial score (nSPS) is 30.6. The maximum atomic E-state index is 11.5. The molecule has 1 aliphatic rings. The minimum atomic E-state index is -0.916. The summed E-state index contributed by atoms with van der Waals surface area (Å²) in [4.78, 5) is 11.5. The first-order valence-corrected chi connectivity index (χ1v) is 5.97. The zero-order chi connectivity index (χ0) is 12.4. The zero-order valence-electron chi connectivity index (χ0n) is 10.3. The van der Waals surface area contributed by atoms with Gasteiger partial charge in [-0.05, 0) is 32.6 Å². The van der Waals surface area contributed by atoms with Crippen molar-refractivity contribution in [2.45, 2.75) is 58.2 Å². The van der Waals surface area contributed by atoms with Crippen molar-refractivity contribution in [2.24, 2.45) is 5.41 Å². The van der Waals surface area contributed by atoms with Gasteiger partial charge in [0.05, 0.1) is 17.1 Å². The zero-order valence-corrected chi connectivity index (χ0v) is 10.3. The SMILES string of the molecule is CCC(O)(CC)CC1(C(=O)O)CCOC1C. The third kappa shape index (κ3) is 2.23. The molecule has 0 amide bonds. The number of carbonyl (C=O) groups is 1. The summed E-state index contributed by atoms with van der Waals surface area (Å²) < 4.78 is 5.37. The number of ether oxygens (including phenoxy) is 1. The van der Waals surface area contributed by atoms with E-state index in [2.05, 4.69) is 0 Å². The molecule has 94 valence electrons. The second-order valence-electron chi connectivity index (χ2n) is 4.83. The molecule has 0 spiro atoms. The minimum absolute atomic E-state index is 0.281. The lowest BCUT2D eigenvalue weighted by Crippen LogP contribution is -2.45. The Kier molecular flexibility index (Phi) is 3.97. The van der Waals surface area contributed by atoms with Crippen LogP contribution < -0.4 is 0 Å². The second kappa shape index (κ2) is 4.72. The highest BCUT2D eigenvalue weighted by Gasteiger charge is 2.51. The Hall–Kier alpha value is -0.610. The quantitative estimate of drug-likeness (QED) is 0.756. The molecule has 0 saturated carbocycles. The van der Waals surface area contributed by atoms with E-state index < -0.39 is 17.0 Å². The summed E-state index contributed by atoms with van der Waals surface area (Å²) in [6, 6.07) is 0. The molecule has 4 heteroatoms. The van der Waals surface area contributed by atoms with Crippen molar-refractivity contribution in [2.75, 3.05) is 6.61 Å². The van der Waals surface area contributed by atoms with E-state index in [-0.39, 0.29) is 12.5 Å². The van der Waals surface area contributed by atoms with Crippen molar-refractivity contribution in [3.05, 3.63) is 0 Å². The van der Waals surface area contributed by atoms with Gasteiger partial charge in [-0.15, -0.1) is 0 Å². The van der Waals surface area contributed by atoms with Gasteiger partial charge in [0.2, 0.25) is 0 Å². The van der Waals surface area contributed by atoms with Crippen molar-refractivity contribution in [1.29, 1.82) is 0 Å². The molecular weight excluding hydrogens is 208 g/mol. The van der Waals surface area contributed by atoms with Crippen molar-refractivity contribution in [1.82, 2.24) is 0 Å². The highest BCUT2D eigenvalue weighted by Crippen LogP contribution is 2.43. The molecule has 0 aromatic carbocycles. The number of hydrogen-bond donors (Lipinski definition) is 2. The van der Waals surface area contributed by atoms with Crippen LogP contribution in [0.1, 0.15) is 46.5 Å². The number of hydrogen-bond acceptors (Lipinski definition) is 3. The first-order valence-electron chi connectivity index (χ1n) is 5.97. The predicted molar refractivity (Wildman–Crippen MR) is 60.2 cm³/mol. The molecule has 16 heavy (non-hydrogen) atoms. The topological polar surface area (TPSA) is 66.8 Å². The van der Waals surface area contributed by atoms with Gasteiger partial charge in [0.1, 0.15) is 0 Å². The number of carboxylic acid groups (broad SMARTS) is 1. The maximum Gasteiger partial charge on any atom is 0.312 e. The average Bonchev–Trinajstić information content (AvgIpc) is 2.61. The Morgan fingerprint density at radius 3 is 2.38 bits per heavy atom. The van der Waals surface area contributed by atoms with Gasteiger partial charge in [-0.1, -0.05) is 13.8 Å². The minimum Gasteiger partial charge on any atom is -0.481 e. The molecule has 1 aliphatic heterocycles.